The number of benzene rings is 2. The van der Waals surface area contributed by atoms with Crippen LogP contribution in [0.5, 0.6) is 0 Å². The van der Waals surface area contributed by atoms with Gasteiger partial charge in [0.05, 0.1) is 0 Å². The van der Waals surface area contributed by atoms with Crippen molar-refractivity contribution in [2.75, 3.05) is 11.2 Å². The third-order valence-electron chi connectivity index (χ3n) is 3.30. The highest BCUT2D eigenvalue weighted by Gasteiger charge is 1.98. The van der Waals surface area contributed by atoms with E-state index in [0.29, 0.717) is 11.8 Å². The van der Waals surface area contributed by atoms with Gasteiger partial charge in [-0.3, -0.25) is 5.84 Å². The zero-order valence-corrected chi connectivity index (χ0v) is 14.7. The summed E-state index contributed by atoms with van der Waals surface area (Å²) in [6, 6.07) is 16.1. The Morgan fingerprint density at radius 1 is 0.818 bits per heavy atom. The molecule has 0 fully saturated rings. The molecule has 0 amide bonds. The molecule has 2 aromatic carbocycles. The maximum absolute atomic E-state index is 5.60. The van der Waals surface area contributed by atoms with Gasteiger partial charge < -0.3 is 11.2 Å². The molecule has 0 aromatic heterocycles. The summed E-state index contributed by atoms with van der Waals surface area (Å²) in [6.07, 6.45) is 0. The lowest BCUT2D eigenvalue weighted by Gasteiger charge is -2.06. The minimum absolute atomic E-state index is 0. The lowest BCUT2D eigenvalue weighted by molar-refractivity contribution is 0.867. The fourth-order valence-corrected chi connectivity index (χ4v) is 1.91. The van der Waals surface area contributed by atoms with Crippen LogP contribution in [0.1, 0.15) is 50.7 Å². The molecule has 2 rings (SSSR count). The van der Waals surface area contributed by atoms with Crippen LogP contribution in [0.2, 0.25) is 0 Å². The number of rotatable bonds is 3. The van der Waals surface area contributed by atoms with Crippen LogP contribution in [-0.4, -0.2) is 0 Å². The van der Waals surface area contributed by atoms with Crippen molar-refractivity contribution in [3.63, 3.8) is 0 Å². The second-order valence-electron chi connectivity index (χ2n) is 5.75. The predicted molar refractivity (Wildman–Crippen MR) is 101 cm³/mol. The number of nitrogens with one attached hydrogen (secondary N) is 1. The van der Waals surface area contributed by atoms with Gasteiger partial charge in [0.25, 0.3) is 0 Å². The van der Waals surface area contributed by atoms with Crippen LogP contribution < -0.4 is 17.0 Å². The summed E-state index contributed by atoms with van der Waals surface area (Å²) in [7, 11) is 0. The van der Waals surface area contributed by atoms with Gasteiger partial charge in [-0.25, -0.2) is 0 Å². The molecule has 0 aliphatic heterocycles. The molecule has 2 aromatic rings. The van der Waals surface area contributed by atoms with E-state index in [0.717, 1.165) is 11.4 Å². The first-order valence-corrected chi connectivity index (χ1v) is 7.36. The van der Waals surface area contributed by atoms with Gasteiger partial charge in [-0.2, -0.15) is 0 Å². The van der Waals surface area contributed by atoms with Crippen molar-refractivity contribution in [2.45, 2.75) is 39.5 Å². The van der Waals surface area contributed by atoms with Crippen molar-refractivity contribution in [1.29, 1.82) is 0 Å². The number of nitrogens with two attached hydrogens (primary N) is 2. The van der Waals surface area contributed by atoms with Gasteiger partial charge in [-0.15, -0.1) is 12.4 Å². The number of hydrogen-bond donors (Lipinski definition) is 3. The van der Waals surface area contributed by atoms with Crippen LogP contribution in [-0.2, 0) is 0 Å². The van der Waals surface area contributed by atoms with E-state index in [2.05, 4.69) is 51.3 Å². The zero-order valence-electron chi connectivity index (χ0n) is 13.8. The lowest BCUT2D eigenvalue weighted by atomic mass is 10.0. The molecule has 0 saturated carbocycles. The molecule has 0 bridgehead atoms. The van der Waals surface area contributed by atoms with Crippen LogP contribution in [0.4, 0.5) is 11.4 Å². The fourth-order valence-electron chi connectivity index (χ4n) is 1.91. The first-order chi connectivity index (χ1) is 9.93. The van der Waals surface area contributed by atoms with Crippen molar-refractivity contribution in [3.8, 4) is 0 Å². The molecule has 0 aliphatic carbocycles. The molecule has 122 valence electrons. The van der Waals surface area contributed by atoms with E-state index in [9.17, 15) is 0 Å². The van der Waals surface area contributed by atoms with Gasteiger partial charge in [0.1, 0.15) is 0 Å². The van der Waals surface area contributed by atoms with Gasteiger partial charge in [-0.05, 0) is 47.2 Å². The molecule has 0 aliphatic rings. The normalized spacial score (nSPS) is 9.77. The smallest absolute Gasteiger partial charge is 0.0487 e. The number of hydrogen-bond acceptors (Lipinski definition) is 3. The Morgan fingerprint density at radius 2 is 1.32 bits per heavy atom. The average Bonchev–Trinajstić information content (AvgIpc) is 2.48. The van der Waals surface area contributed by atoms with Gasteiger partial charge in [0, 0.05) is 11.4 Å². The van der Waals surface area contributed by atoms with Crippen LogP contribution in [0, 0.1) is 0 Å². The highest BCUT2D eigenvalue weighted by atomic mass is 35.5. The third-order valence-corrected chi connectivity index (χ3v) is 3.30. The van der Waals surface area contributed by atoms with E-state index in [1.807, 2.05) is 30.3 Å². The third kappa shape index (κ3) is 6.83. The first-order valence-electron chi connectivity index (χ1n) is 7.36. The van der Waals surface area contributed by atoms with Gasteiger partial charge in [-0.1, -0.05) is 52.0 Å². The number of anilines is 2. The van der Waals surface area contributed by atoms with Crippen molar-refractivity contribution in [1.82, 2.24) is 0 Å². The molecule has 0 atom stereocenters. The van der Waals surface area contributed by atoms with E-state index >= 15 is 0 Å². The monoisotopic (exact) mass is 321 g/mol. The lowest BCUT2D eigenvalue weighted by Crippen LogP contribution is -2.06. The molecule has 3 nitrogen and oxygen atoms in total. The standard InChI is InChI=1S/C9H14N2.C9H13N.ClH/c1-7(2)8-4-3-5-9(6-8)11-10;1-7(2)8-4-3-5-9(10)6-8;/h3-7,11H,10H2,1-2H3;3-7H,10H2,1-2H3;1H. The predicted octanol–water partition coefficient (Wildman–Crippen LogP) is 4.91. The topological polar surface area (TPSA) is 64.1 Å². The van der Waals surface area contributed by atoms with Gasteiger partial charge in [0.2, 0.25) is 0 Å². The summed E-state index contributed by atoms with van der Waals surface area (Å²) in [4.78, 5) is 0. The summed E-state index contributed by atoms with van der Waals surface area (Å²) in [6.45, 7) is 8.65. The maximum atomic E-state index is 5.60. The maximum Gasteiger partial charge on any atom is 0.0487 e. The quantitative estimate of drug-likeness (QED) is 0.427. The number of nitrogen functional groups attached to an aromatic ring is 2. The molecular weight excluding hydrogens is 294 g/mol. The Labute approximate surface area is 140 Å². The summed E-state index contributed by atoms with van der Waals surface area (Å²) in [5.41, 5.74) is 12.7. The van der Waals surface area contributed by atoms with Gasteiger partial charge in [0.15, 0.2) is 0 Å². The van der Waals surface area contributed by atoms with Crippen LogP contribution in [0.25, 0.3) is 0 Å². The Bertz CT molecular complexity index is 554. The average molecular weight is 322 g/mol. The molecule has 5 N–H and O–H groups in total. The number of halogens is 1. The molecule has 0 saturated heterocycles. The number of hydrazine groups is 1. The molecular formula is C18H28ClN3. The van der Waals surface area contributed by atoms with Crippen molar-refractivity contribution in [3.05, 3.63) is 59.7 Å². The van der Waals surface area contributed by atoms with Crippen LogP contribution >= 0.6 is 12.4 Å². The molecule has 0 heterocycles. The van der Waals surface area contributed by atoms with E-state index in [4.69, 9.17) is 11.6 Å². The minimum Gasteiger partial charge on any atom is -0.399 e. The summed E-state index contributed by atoms with van der Waals surface area (Å²) in [5, 5.41) is 0. The van der Waals surface area contributed by atoms with Crippen LogP contribution in [0.3, 0.4) is 0 Å². The molecule has 0 spiro atoms. The highest BCUT2D eigenvalue weighted by molar-refractivity contribution is 5.85. The van der Waals surface area contributed by atoms with Crippen molar-refractivity contribution < 1.29 is 0 Å². The largest absolute Gasteiger partial charge is 0.399 e. The second-order valence-corrected chi connectivity index (χ2v) is 5.75. The van der Waals surface area contributed by atoms with Gasteiger partial charge >= 0.3 is 0 Å². The van der Waals surface area contributed by atoms with Crippen molar-refractivity contribution in [2.24, 2.45) is 5.84 Å². The van der Waals surface area contributed by atoms with E-state index in [-0.39, 0.29) is 12.4 Å². The van der Waals surface area contributed by atoms with E-state index in [1.54, 1.807) is 0 Å². The SMILES string of the molecule is CC(C)c1cccc(N)c1.CC(C)c1cccc(NN)c1.Cl. The van der Waals surface area contributed by atoms with Crippen molar-refractivity contribution >= 4 is 23.8 Å². The highest BCUT2D eigenvalue weighted by Crippen LogP contribution is 2.17. The van der Waals surface area contributed by atoms with E-state index in [1.165, 1.54) is 11.1 Å². The Hall–Kier alpha value is -1.71. The Balaban J connectivity index is 0.000000385. The minimum atomic E-state index is 0. The molecule has 0 radical (unpaired) electrons. The molecule has 0 unspecified atom stereocenters. The van der Waals surface area contributed by atoms with E-state index < -0.39 is 0 Å². The molecule has 4 heteroatoms. The summed E-state index contributed by atoms with van der Waals surface area (Å²) in [5.74, 6) is 6.40. The summed E-state index contributed by atoms with van der Waals surface area (Å²) >= 11 is 0. The second kappa shape index (κ2) is 10.1. The Morgan fingerprint density at radius 3 is 1.73 bits per heavy atom. The fraction of sp³-hybridized carbons (Fsp3) is 0.333. The first kappa shape index (κ1) is 20.3. The zero-order chi connectivity index (χ0) is 15.8. The molecule has 22 heavy (non-hydrogen) atoms. The summed E-state index contributed by atoms with van der Waals surface area (Å²) < 4.78 is 0. The Kier molecular flexibility index (Phi) is 9.31. The van der Waals surface area contributed by atoms with Crippen LogP contribution in [0.15, 0.2) is 48.5 Å².